The second-order valence-electron chi connectivity index (χ2n) is 9.89. The van der Waals surface area contributed by atoms with Crippen LogP contribution >= 0.6 is 0 Å². The lowest BCUT2D eigenvalue weighted by molar-refractivity contribution is -0.229. The maximum Gasteiger partial charge on any atom is 0.510 e. The first-order valence-electron chi connectivity index (χ1n) is 13.5. The number of halogens is 3. The zero-order chi connectivity index (χ0) is 34.2. The van der Waals surface area contributed by atoms with Crippen molar-refractivity contribution in [1.82, 2.24) is 30.4 Å². The molecule has 0 aliphatic rings. The largest absolute Gasteiger partial charge is 0.756 e. The zero-order valence-electron chi connectivity index (χ0n) is 25.3. The van der Waals surface area contributed by atoms with Gasteiger partial charge in [0.05, 0.1) is 22.4 Å². The molecule has 15 nitrogen and oxygen atoms in total. The summed E-state index contributed by atoms with van der Waals surface area (Å²) in [6.45, 7) is 5.70. The maximum atomic E-state index is 13.5. The van der Waals surface area contributed by atoms with Gasteiger partial charge >= 0.3 is 18.4 Å². The molecule has 3 aromatic rings. The second kappa shape index (κ2) is 15.3. The summed E-state index contributed by atoms with van der Waals surface area (Å²) >= 11 is 0. The van der Waals surface area contributed by atoms with Crippen LogP contribution in [-0.4, -0.2) is 73.3 Å². The van der Waals surface area contributed by atoms with Crippen LogP contribution in [0.4, 0.5) is 22.8 Å². The third-order valence-electron chi connectivity index (χ3n) is 5.81. The number of alkyl halides is 3. The summed E-state index contributed by atoms with van der Waals surface area (Å²) in [6, 6.07) is 12.3. The molecule has 2 aromatic carbocycles. The molecular weight excluding hydrogens is 641 g/mol. The van der Waals surface area contributed by atoms with Crippen molar-refractivity contribution < 1.29 is 50.2 Å². The average molecular weight is 674 g/mol. The van der Waals surface area contributed by atoms with Crippen LogP contribution in [0.25, 0.3) is 16.9 Å². The highest BCUT2D eigenvalue weighted by Gasteiger charge is 2.35. The molecule has 0 aliphatic heterocycles. The van der Waals surface area contributed by atoms with E-state index in [9.17, 15) is 36.4 Å². The monoisotopic (exact) mass is 673 g/mol. The van der Waals surface area contributed by atoms with Crippen LogP contribution in [0.15, 0.2) is 59.5 Å². The summed E-state index contributed by atoms with van der Waals surface area (Å²) in [5, 5.41) is 16.7. The summed E-state index contributed by atoms with van der Waals surface area (Å²) in [7, 11) is -3.17. The molecule has 252 valence electrons. The van der Waals surface area contributed by atoms with Crippen molar-refractivity contribution in [3.8, 4) is 16.9 Å². The number of likely N-dealkylation sites (N-methyl/N-ethyl adjacent to an activating group) is 1. The molecule has 19 heteroatoms. The van der Waals surface area contributed by atoms with Crippen molar-refractivity contribution in [1.29, 1.82) is 0 Å². The topological polar surface area (TPSA) is 177 Å². The fraction of sp³-hybridized carbons (Fsp3) is 0.370. The third kappa shape index (κ3) is 10.4. The molecule has 0 fully saturated rings. The van der Waals surface area contributed by atoms with Gasteiger partial charge in [-0.1, -0.05) is 29.8 Å². The molecule has 1 amide bonds. The highest BCUT2D eigenvalue weighted by atomic mass is 32.2. The first-order valence-corrected chi connectivity index (χ1v) is 15.0. The van der Waals surface area contributed by atoms with Crippen LogP contribution < -0.4 is 10.3 Å². The average Bonchev–Trinajstić information content (AvgIpc) is 3.42. The van der Waals surface area contributed by atoms with E-state index in [1.165, 1.54) is 26.1 Å². The first kappa shape index (κ1) is 36.2. The van der Waals surface area contributed by atoms with E-state index in [0.29, 0.717) is 5.56 Å². The molecule has 0 saturated heterocycles. The van der Waals surface area contributed by atoms with Crippen LogP contribution in [0.2, 0.25) is 0 Å². The predicted molar refractivity (Wildman–Crippen MR) is 155 cm³/mol. The van der Waals surface area contributed by atoms with Gasteiger partial charge in [-0.2, -0.15) is 18.3 Å². The smallest absolute Gasteiger partial charge is 0.510 e. The summed E-state index contributed by atoms with van der Waals surface area (Å²) < 4.78 is 82.9. The quantitative estimate of drug-likeness (QED) is 0.150. The Balaban J connectivity index is 1.56. The van der Waals surface area contributed by atoms with Crippen molar-refractivity contribution in [2.24, 2.45) is 0 Å². The Bertz CT molecular complexity index is 1580. The number of carbonyl (C=O) groups is 2. The van der Waals surface area contributed by atoms with Gasteiger partial charge in [0.15, 0.2) is 5.69 Å². The molecule has 1 atom stereocenters. The normalized spacial score (nSPS) is 12.8. The number of ether oxygens (including phenoxy) is 3. The van der Waals surface area contributed by atoms with Gasteiger partial charge in [-0.25, -0.2) is 42.5 Å². The van der Waals surface area contributed by atoms with Gasteiger partial charge in [-0.15, -0.1) is 5.59 Å². The van der Waals surface area contributed by atoms with Gasteiger partial charge in [-0.05, 0) is 51.1 Å². The molecule has 0 aliphatic carbocycles. The molecule has 0 spiro atoms. The summed E-state index contributed by atoms with van der Waals surface area (Å²) in [4.78, 5) is 28.0. The number of hydrazine groups is 2. The standard InChI is InChI=1S/C27H32F3N6O9S/c1-17(2)43-26(38)44-19(4)45-33-36(39)34(5)14-15-42-25(37)32-46(40,41)22-12-10-21(11-13-22)35-23(16-24(31-35)27(28,29)30)20-8-6-18(3)7-9-20/h6-13,16-17,19,33H,14-15H2,1-5H3,(H,32,37)/q-1. The summed E-state index contributed by atoms with van der Waals surface area (Å²) in [5.74, 6) is 0. The number of sulfonamides is 1. The van der Waals surface area contributed by atoms with Crippen LogP contribution in [-0.2, 0) is 35.2 Å². The minimum atomic E-state index is -4.72. The Morgan fingerprint density at radius 1 is 1.04 bits per heavy atom. The Morgan fingerprint density at radius 2 is 1.67 bits per heavy atom. The predicted octanol–water partition coefficient (Wildman–Crippen LogP) is 4.27. The van der Waals surface area contributed by atoms with Crippen LogP contribution in [0.3, 0.4) is 0 Å². The molecule has 0 bridgehead atoms. The van der Waals surface area contributed by atoms with E-state index in [1.54, 1.807) is 42.8 Å². The minimum absolute atomic E-state index is 0.0920. The number of hydrogen-bond acceptors (Lipinski definition) is 13. The highest BCUT2D eigenvalue weighted by molar-refractivity contribution is 7.90. The SMILES string of the molecule is Cc1ccc(-c2cc(C(F)(F)F)nn2-c2ccc(S(=O)(=O)NC(=O)OCCN(C)N([O-])NOC(C)OC(=O)OC(C)C)cc2)cc1. The number of amides is 1. The first-order chi connectivity index (χ1) is 21.5. The Kier molecular flexibility index (Phi) is 12.1. The van der Waals surface area contributed by atoms with Gasteiger partial charge in [0.1, 0.15) is 6.61 Å². The Morgan fingerprint density at radius 3 is 2.26 bits per heavy atom. The fourth-order valence-electron chi connectivity index (χ4n) is 3.54. The Hall–Kier alpha value is -4.27. The number of hydrogen-bond donors (Lipinski definition) is 2. The molecule has 2 N–H and O–H groups in total. The molecule has 1 heterocycles. The van der Waals surface area contributed by atoms with Crippen LogP contribution in [0, 0.1) is 12.1 Å². The van der Waals surface area contributed by atoms with Crippen molar-refractivity contribution in [3.05, 3.63) is 71.1 Å². The molecule has 1 unspecified atom stereocenters. The lowest BCUT2D eigenvalue weighted by Gasteiger charge is -2.36. The van der Waals surface area contributed by atoms with E-state index in [2.05, 4.69) is 5.10 Å². The Labute approximate surface area is 262 Å². The molecular formula is C27H32F3N6O9S-. The highest BCUT2D eigenvalue weighted by Crippen LogP contribution is 2.33. The van der Waals surface area contributed by atoms with Crippen LogP contribution in [0.1, 0.15) is 32.0 Å². The number of aryl methyl sites for hydroxylation is 1. The fourth-order valence-corrected chi connectivity index (χ4v) is 4.43. The van der Waals surface area contributed by atoms with E-state index < -0.39 is 53.1 Å². The van der Waals surface area contributed by atoms with Gasteiger partial charge in [-0.3, -0.25) is 0 Å². The van der Waals surface area contributed by atoms with E-state index in [1.807, 2.05) is 12.5 Å². The molecule has 0 saturated carbocycles. The van der Waals surface area contributed by atoms with Crippen LogP contribution in [0.5, 0.6) is 0 Å². The number of aromatic nitrogens is 2. The lowest BCUT2D eigenvalue weighted by atomic mass is 10.1. The van der Waals surface area contributed by atoms with Gasteiger partial charge in [0.2, 0.25) is 6.29 Å². The molecule has 0 radical (unpaired) electrons. The minimum Gasteiger partial charge on any atom is -0.756 e. The summed E-state index contributed by atoms with van der Waals surface area (Å²) in [5.41, 5.74) is 2.41. The summed E-state index contributed by atoms with van der Waals surface area (Å²) in [6.07, 6.45) is -8.71. The van der Waals surface area contributed by atoms with Gasteiger partial charge in [0, 0.05) is 26.1 Å². The van der Waals surface area contributed by atoms with Crippen molar-refractivity contribution in [2.45, 2.75) is 51.2 Å². The number of rotatable bonds is 13. The number of carbonyl (C=O) groups excluding carboxylic acids is 2. The van der Waals surface area contributed by atoms with E-state index >= 15 is 0 Å². The zero-order valence-corrected chi connectivity index (χ0v) is 26.1. The third-order valence-corrected chi connectivity index (χ3v) is 7.13. The van der Waals surface area contributed by atoms with E-state index in [-0.39, 0.29) is 28.1 Å². The van der Waals surface area contributed by atoms with E-state index in [0.717, 1.165) is 33.5 Å². The molecule has 3 rings (SSSR count). The maximum absolute atomic E-state index is 13.5. The second-order valence-corrected chi connectivity index (χ2v) is 11.6. The number of nitrogens with one attached hydrogen (secondary N) is 2. The van der Waals surface area contributed by atoms with Crippen molar-refractivity contribution in [3.63, 3.8) is 0 Å². The van der Waals surface area contributed by atoms with Gasteiger partial charge in [0.25, 0.3) is 10.0 Å². The molecule has 1 aromatic heterocycles. The number of nitrogens with zero attached hydrogens (tertiary/aromatic N) is 4. The van der Waals surface area contributed by atoms with Crippen molar-refractivity contribution >= 4 is 22.3 Å². The number of benzene rings is 2. The molecule has 46 heavy (non-hydrogen) atoms. The lowest BCUT2D eigenvalue weighted by Crippen LogP contribution is -2.48. The van der Waals surface area contributed by atoms with E-state index in [4.69, 9.17) is 19.0 Å². The van der Waals surface area contributed by atoms with Crippen molar-refractivity contribution in [2.75, 3.05) is 20.2 Å². The van der Waals surface area contributed by atoms with Gasteiger partial charge < -0.3 is 19.4 Å².